The topological polar surface area (TPSA) is 81.2 Å². The molecule has 0 spiro atoms. The van der Waals surface area contributed by atoms with Crippen molar-refractivity contribution in [2.45, 2.75) is 19.4 Å². The molecule has 188 valence electrons. The van der Waals surface area contributed by atoms with E-state index in [4.69, 9.17) is 14.7 Å². The first-order chi connectivity index (χ1) is 18.5. The number of halogens is 1. The molecule has 4 aromatic carbocycles. The Morgan fingerprint density at radius 1 is 0.789 bits per heavy atom. The van der Waals surface area contributed by atoms with E-state index in [9.17, 15) is 9.59 Å². The van der Waals surface area contributed by atoms with Crippen molar-refractivity contribution < 1.29 is 14.3 Å². The number of ether oxygens (including phenoxy) is 1. The normalized spacial score (nSPS) is 11.6. The molecule has 0 saturated carbocycles. The van der Waals surface area contributed by atoms with Gasteiger partial charge in [0.25, 0.3) is 5.91 Å². The van der Waals surface area contributed by atoms with Crippen molar-refractivity contribution in [1.29, 1.82) is 0 Å². The minimum Gasteiger partial charge on any atom is -0.449 e. The van der Waals surface area contributed by atoms with Crippen LogP contribution in [0.15, 0.2) is 108 Å². The molecule has 1 heterocycles. The number of nitrogens with zero attached hydrogens (tertiary/aromatic N) is 2. The number of hydrogen-bond donors (Lipinski definition) is 1. The average Bonchev–Trinajstić information content (AvgIpc) is 2.96. The first-order valence-electron chi connectivity index (χ1n) is 12.2. The first kappa shape index (κ1) is 25.3. The highest BCUT2D eigenvalue weighted by Gasteiger charge is 2.23. The lowest BCUT2D eigenvalue weighted by Crippen LogP contribution is -2.32. The van der Waals surface area contributed by atoms with Crippen LogP contribution in [0.2, 0.25) is 0 Å². The molecule has 0 fully saturated rings. The Morgan fingerprint density at radius 3 is 1.95 bits per heavy atom. The largest absolute Gasteiger partial charge is 0.449 e. The van der Waals surface area contributed by atoms with Gasteiger partial charge in [-0.05, 0) is 48.9 Å². The van der Waals surface area contributed by atoms with Crippen LogP contribution in [-0.2, 0) is 9.53 Å². The summed E-state index contributed by atoms with van der Waals surface area (Å²) in [6.07, 6.45) is -0.603. The molecule has 5 aromatic rings. The van der Waals surface area contributed by atoms with Crippen LogP contribution in [0.25, 0.3) is 33.5 Å². The molecule has 0 aliphatic heterocycles. The van der Waals surface area contributed by atoms with E-state index in [1.165, 1.54) is 0 Å². The second-order valence-corrected chi connectivity index (χ2v) is 9.57. The van der Waals surface area contributed by atoms with Gasteiger partial charge in [-0.1, -0.05) is 83.5 Å². The molecule has 1 atom stereocenters. The van der Waals surface area contributed by atoms with Crippen molar-refractivity contribution in [2.75, 3.05) is 5.32 Å². The molecule has 1 amide bonds. The Bertz CT molecular complexity index is 1590. The van der Waals surface area contributed by atoms with Gasteiger partial charge in [0.2, 0.25) is 0 Å². The monoisotopic (exact) mass is 565 g/mol. The second-order valence-electron chi connectivity index (χ2n) is 8.65. The minimum atomic E-state index is -0.937. The van der Waals surface area contributed by atoms with Gasteiger partial charge in [-0.3, -0.25) is 4.79 Å². The van der Waals surface area contributed by atoms with E-state index in [0.717, 1.165) is 27.0 Å². The van der Waals surface area contributed by atoms with Gasteiger partial charge in [-0.15, -0.1) is 0 Å². The van der Waals surface area contributed by atoms with Crippen LogP contribution in [0, 0.1) is 0 Å². The van der Waals surface area contributed by atoms with Gasteiger partial charge in [0.15, 0.2) is 6.10 Å². The minimum absolute atomic E-state index is 0.299. The highest BCUT2D eigenvalue weighted by atomic mass is 79.9. The van der Waals surface area contributed by atoms with E-state index in [0.29, 0.717) is 28.7 Å². The highest BCUT2D eigenvalue weighted by Crippen LogP contribution is 2.31. The number of nitrogens with one attached hydrogen (secondary N) is 1. The number of carbonyl (C=O) groups is 2. The quantitative estimate of drug-likeness (QED) is 0.209. The summed E-state index contributed by atoms with van der Waals surface area (Å²) in [5.74, 6) is -0.984. The maximum Gasteiger partial charge on any atom is 0.338 e. The van der Waals surface area contributed by atoms with E-state index < -0.39 is 12.1 Å². The smallest absolute Gasteiger partial charge is 0.338 e. The number of anilines is 1. The van der Waals surface area contributed by atoms with Gasteiger partial charge in [0.1, 0.15) is 0 Å². The molecule has 6 nitrogen and oxygen atoms in total. The fraction of sp³-hybridized carbons (Fsp3) is 0.0968. The molecule has 1 unspecified atom stereocenters. The number of hydrogen-bond acceptors (Lipinski definition) is 5. The van der Waals surface area contributed by atoms with Crippen molar-refractivity contribution >= 4 is 44.5 Å². The van der Waals surface area contributed by atoms with Gasteiger partial charge in [-0.25, -0.2) is 14.8 Å². The predicted octanol–water partition coefficient (Wildman–Crippen LogP) is 7.30. The van der Waals surface area contributed by atoms with Gasteiger partial charge in [0, 0.05) is 21.3 Å². The summed E-state index contributed by atoms with van der Waals surface area (Å²) >= 11 is 3.37. The van der Waals surface area contributed by atoms with Crippen LogP contribution in [0.5, 0.6) is 0 Å². The summed E-state index contributed by atoms with van der Waals surface area (Å²) in [6.45, 7) is 1.79. The lowest BCUT2D eigenvalue weighted by atomic mass is 10.0. The third-order valence-corrected chi connectivity index (χ3v) is 6.55. The summed E-state index contributed by atoms with van der Waals surface area (Å²) < 4.78 is 6.49. The molecule has 0 aliphatic carbocycles. The Labute approximate surface area is 228 Å². The van der Waals surface area contributed by atoms with Crippen LogP contribution >= 0.6 is 15.9 Å². The van der Waals surface area contributed by atoms with E-state index >= 15 is 0 Å². The number of carbonyl (C=O) groups excluding carboxylic acids is 2. The van der Waals surface area contributed by atoms with Gasteiger partial charge in [0.05, 0.1) is 28.0 Å². The van der Waals surface area contributed by atoms with Crippen LogP contribution in [0.3, 0.4) is 0 Å². The van der Waals surface area contributed by atoms with E-state index in [1.54, 1.807) is 37.3 Å². The summed E-state index contributed by atoms with van der Waals surface area (Å²) in [5, 5.41) is 2.79. The molecule has 1 aromatic heterocycles. The molecule has 0 radical (unpaired) electrons. The van der Waals surface area contributed by atoms with E-state index in [-0.39, 0.29) is 5.91 Å². The third kappa shape index (κ3) is 5.63. The summed E-state index contributed by atoms with van der Waals surface area (Å²) in [5.41, 5.74) is 5.48. The Morgan fingerprint density at radius 2 is 1.37 bits per heavy atom. The Kier molecular flexibility index (Phi) is 7.56. The molecule has 0 saturated heterocycles. The van der Waals surface area contributed by atoms with E-state index in [2.05, 4.69) is 21.2 Å². The maximum atomic E-state index is 13.0. The van der Waals surface area contributed by atoms with Crippen molar-refractivity contribution in [2.24, 2.45) is 0 Å². The average molecular weight is 566 g/mol. The highest BCUT2D eigenvalue weighted by molar-refractivity contribution is 9.10. The van der Waals surface area contributed by atoms with Gasteiger partial charge >= 0.3 is 5.97 Å². The number of rotatable bonds is 7. The zero-order valence-electron chi connectivity index (χ0n) is 20.6. The SMILES string of the molecule is CCC(OC(=O)c1ccc2nc(-c3ccccc3)c(-c3ccccc3)nc2c1)C(=O)Nc1ccc(Br)cc1. The zero-order chi connectivity index (χ0) is 26.5. The lowest BCUT2D eigenvalue weighted by molar-refractivity contribution is -0.124. The summed E-state index contributed by atoms with van der Waals surface area (Å²) in [6, 6.07) is 32.0. The van der Waals surface area contributed by atoms with Crippen LogP contribution in [0.1, 0.15) is 23.7 Å². The van der Waals surface area contributed by atoms with E-state index in [1.807, 2.05) is 72.8 Å². The fourth-order valence-corrected chi connectivity index (χ4v) is 4.32. The van der Waals surface area contributed by atoms with Crippen LogP contribution < -0.4 is 5.32 Å². The number of amides is 1. The standard InChI is InChI=1S/C31H24BrN3O3/c1-2-27(30(36)33-24-16-14-23(32)15-17-24)38-31(37)22-13-18-25-26(19-22)35-29(21-11-7-4-8-12-21)28(34-25)20-9-5-3-6-10-20/h3-19,27H,2H2,1H3,(H,33,36). The third-order valence-electron chi connectivity index (χ3n) is 6.02. The number of fused-ring (bicyclic) bond motifs is 1. The first-order valence-corrected chi connectivity index (χ1v) is 13.0. The summed E-state index contributed by atoms with van der Waals surface area (Å²) in [4.78, 5) is 35.6. The molecule has 0 aliphatic rings. The number of aromatic nitrogens is 2. The molecule has 5 rings (SSSR count). The van der Waals surface area contributed by atoms with Crippen LogP contribution in [-0.4, -0.2) is 27.9 Å². The second kappa shape index (κ2) is 11.4. The van der Waals surface area contributed by atoms with Crippen molar-refractivity contribution in [1.82, 2.24) is 9.97 Å². The van der Waals surface area contributed by atoms with Crippen LogP contribution in [0.4, 0.5) is 5.69 Å². The Hall–Kier alpha value is -4.36. The number of esters is 1. The molecule has 0 bridgehead atoms. The summed E-state index contributed by atoms with van der Waals surface area (Å²) in [7, 11) is 0. The fourth-order valence-electron chi connectivity index (χ4n) is 4.05. The van der Waals surface area contributed by atoms with Crippen molar-refractivity contribution in [3.63, 3.8) is 0 Å². The molecule has 7 heteroatoms. The molecular weight excluding hydrogens is 542 g/mol. The molecular formula is C31H24BrN3O3. The Balaban J connectivity index is 1.44. The predicted molar refractivity (Wildman–Crippen MR) is 153 cm³/mol. The van der Waals surface area contributed by atoms with Gasteiger partial charge < -0.3 is 10.1 Å². The van der Waals surface area contributed by atoms with Crippen molar-refractivity contribution in [3.05, 3.63) is 113 Å². The lowest BCUT2D eigenvalue weighted by Gasteiger charge is -2.16. The maximum absolute atomic E-state index is 13.0. The molecule has 38 heavy (non-hydrogen) atoms. The van der Waals surface area contributed by atoms with Gasteiger partial charge in [-0.2, -0.15) is 0 Å². The van der Waals surface area contributed by atoms with Crippen molar-refractivity contribution in [3.8, 4) is 22.5 Å². The number of benzene rings is 4. The molecule has 1 N–H and O–H groups in total. The zero-order valence-corrected chi connectivity index (χ0v) is 22.2.